The third kappa shape index (κ3) is 10.4. The summed E-state index contributed by atoms with van der Waals surface area (Å²) in [6, 6.07) is 26.8. The molecule has 0 bridgehead atoms. The van der Waals surface area contributed by atoms with Gasteiger partial charge in [0.1, 0.15) is 17.2 Å². The molecule has 0 radical (unpaired) electrons. The molecule has 2 aliphatic rings. The van der Waals surface area contributed by atoms with Gasteiger partial charge in [0.2, 0.25) is 5.78 Å². The van der Waals surface area contributed by atoms with E-state index in [1.807, 2.05) is 24.3 Å². The first-order chi connectivity index (χ1) is 30.5. The van der Waals surface area contributed by atoms with Crippen LogP contribution in [0.4, 0.5) is 22.7 Å². The average Bonchev–Trinajstić information content (AvgIpc) is 3.25. The number of carbonyl (C=O) groups is 6. The number of hydrogen-bond donors (Lipinski definition) is 4. The molecule has 65 heavy (non-hydrogen) atoms. The molecular weight excluding hydrogens is 1160 g/mol. The van der Waals surface area contributed by atoms with Crippen LogP contribution >= 0.6 is 63.7 Å². The van der Waals surface area contributed by atoms with Crippen LogP contribution in [0.5, 0.6) is 11.5 Å². The zero-order valence-corrected chi connectivity index (χ0v) is 42.1. The summed E-state index contributed by atoms with van der Waals surface area (Å²) >= 11 is 14.2. The first kappa shape index (κ1) is 49.1. The van der Waals surface area contributed by atoms with Crippen LogP contribution < -0.4 is 27.6 Å². The molecule has 0 saturated carbocycles. The normalized spacial score (nSPS) is 12.1. The van der Waals surface area contributed by atoms with Crippen LogP contribution in [0.25, 0.3) is 0 Å². The summed E-state index contributed by atoms with van der Waals surface area (Å²) in [5.41, 5.74) is 5.75. The lowest BCUT2D eigenvalue weighted by atomic mass is 9.82. The van der Waals surface area contributed by atoms with Gasteiger partial charge in [-0.2, -0.15) is 0 Å². The molecule has 0 unspecified atom stereocenters. The molecular formula is C48H35Br5N2O10. The second-order valence-electron chi connectivity index (χ2n) is 14.6. The topological polar surface area (TPSA) is 190 Å². The molecule has 0 fully saturated rings. The number of carbonyl (C=O) groups excluding carboxylic acids is 6. The maximum Gasteiger partial charge on any atom is 0.302 e. The lowest BCUT2D eigenvalue weighted by Gasteiger charge is -2.22. The van der Waals surface area contributed by atoms with Gasteiger partial charge in [-0.15, -0.1) is 0 Å². The summed E-state index contributed by atoms with van der Waals surface area (Å²) in [7, 11) is 0. The second-order valence-corrected chi connectivity index (χ2v) is 18.0. The second kappa shape index (κ2) is 20.9. The van der Waals surface area contributed by atoms with Crippen molar-refractivity contribution >= 4 is 122 Å². The van der Waals surface area contributed by atoms with Gasteiger partial charge in [-0.25, -0.2) is 0 Å². The summed E-state index contributed by atoms with van der Waals surface area (Å²) in [6.07, 6.45) is 1.09. The number of fused-ring (bicyclic) bond motifs is 4. The van der Waals surface area contributed by atoms with E-state index in [2.05, 4.69) is 69.0 Å². The van der Waals surface area contributed by atoms with Crippen LogP contribution in [0, 0.1) is 0 Å². The largest absolute Gasteiger partial charge is 1.00 e. The molecule has 12 nitrogen and oxygen atoms in total. The molecule has 6 aromatic rings. The zero-order chi connectivity index (χ0) is 46.0. The van der Waals surface area contributed by atoms with E-state index in [-0.39, 0.29) is 104 Å². The Kier molecular flexibility index (Phi) is 15.8. The number of phenolic OH excluding ortho intramolecular Hbond substituents is 2. The number of ether oxygens (including phenoxy) is 2. The summed E-state index contributed by atoms with van der Waals surface area (Å²) in [5.74, 6) is -2.52. The number of hydrogen-bond acceptors (Lipinski definition) is 11. The van der Waals surface area contributed by atoms with E-state index < -0.39 is 5.78 Å². The van der Waals surface area contributed by atoms with Crippen LogP contribution in [0.15, 0.2) is 115 Å². The van der Waals surface area contributed by atoms with E-state index in [4.69, 9.17) is 9.47 Å². The highest BCUT2D eigenvalue weighted by Gasteiger charge is 2.37. The van der Waals surface area contributed by atoms with E-state index >= 15 is 0 Å². The number of quaternary nitrogens is 1. The number of aromatic hydroxyl groups is 2. The van der Waals surface area contributed by atoms with E-state index in [0.29, 0.717) is 50.0 Å². The SMILES string of the molecule is CC(=O)OCCc1cc(Br)c(Nc2ccc(O)c3c2C(=O)c2ccccc2C3=O)c(Br)c1.CC(=O)OCCc1cc(Br)c([NH2+]c2ccc(O)c3c2C(=O)c2ccccc2C3=O)c(Br)c1.[Br-]. The number of halogens is 5. The summed E-state index contributed by atoms with van der Waals surface area (Å²) in [6.45, 7) is 3.27. The standard InChI is InChI=1S/2C24H17Br2NO5.BrH/c2*1-12(28)32-9-8-13-10-16(25)22(17(26)11-13)27-18-6-7-19(29)21-20(18)23(30)14-4-2-3-5-15(14)24(21)31;/h2*2-7,10-11,27,29H,8-9H2,1H3;1H. The number of nitrogens with two attached hydrogens (primary N) is 1. The molecule has 0 spiro atoms. The van der Waals surface area contributed by atoms with Gasteiger partial charge in [-0.1, -0.05) is 48.5 Å². The van der Waals surface area contributed by atoms with E-state index in [1.54, 1.807) is 66.0 Å². The number of rotatable bonds is 10. The fraction of sp³-hybridized carbons (Fsp3) is 0.125. The molecule has 0 aliphatic heterocycles. The highest BCUT2D eigenvalue weighted by molar-refractivity contribution is 9.11. The van der Waals surface area contributed by atoms with Gasteiger partial charge in [0.15, 0.2) is 23.0 Å². The molecule has 6 aromatic carbocycles. The fourth-order valence-corrected chi connectivity index (χ4v) is 10.4. The van der Waals surface area contributed by atoms with Crippen molar-refractivity contribution in [1.29, 1.82) is 0 Å². The van der Waals surface area contributed by atoms with Gasteiger partial charge >= 0.3 is 11.9 Å². The molecule has 0 aromatic heterocycles. The van der Waals surface area contributed by atoms with Gasteiger partial charge < -0.3 is 42.0 Å². The Morgan fingerprint density at radius 3 is 1.38 bits per heavy atom. The Bertz CT molecular complexity index is 2730. The number of ketones is 4. The predicted molar refractivity (Wildman–Crippen MR) is 252 cm³/mol. The molecule has 5 N–H and O–H groups in total. The van der Waals surface area contributed by atoms with Crippen molar-refractivity contribution < 1.29 is 70.8 Å². The summed E-state index contributed by atoms with van der Waals surface area (Å²) in [4.78, 5) is 74.5. The Balaban J connectivity index is 0.000000212. The third-order valence-corrected chi connectivity index (χ3v) is 12.9. The third-order valence-electron chi connectivity index (χ3n) is 10.3. The van der Waals surface area contributed by atoms with Crippen LogP contribution in [-0.2, 0) is 31.9 Å². The minimum absolute atomic E-state index is 0. The Labute approximate surface area is 416 Å². The minimum Gasteiger partial charge on any atom is -1.00 e. The zero-order valence-electron chi connectivity index (χ0n) is 34.2. The number of esters is 2. The van der Waals surface area contributed by atoms with Gasteiger partial charge in [-0.3, -0.25) is 34.1 Å². The fourth-order valence-electron chi connectivity index (χ4n) is 7.38. The smallest absolute Gasteiger partial charge is 0.302 e. The predicted octanol–water partition coefficient (Wildman–Crippen LogP) is 6.87. The molecule has 0 saturated heterocycles. The van der Waals surface area contributed by atoms with Gasteiger partial charge in [-0.05, 0) is 117 Å². The highest BCUT2D eigenvalue weighted by Crippen LogP contribution is 2.42. The summed E-state index contributed by atoms with van der Waals surface area (Å²) in [5, 5.41) is 25.8. The van der Waals surface area contributed by atoms with Crippen molar-refractivity contribution in [2.45, 2.75) is 26.7 Å². The monoisotopic (exact) mass is 1190 g/mol. The van der Waals surface area contributed by atoms with Crippen molar-refractivity contribution in [1.82, 2.24) is 0 Å². The van der Waals surface area contributed by atoms with Crippen molar-refractivity contribution in [2.75, 3.05) is 18.5 Å². The van der Waals surface area contributed by atoms with Gasteiger partial charge in [0.25, 0.3) is 0 Å². The highest BCUT2D eigenvalue weighted by atomic mass is 79.9. The van der Waals surface area contributed by atoms with Gasteiger partial charge in [0.05, 0.1) is 55.8 Å². The molecule has 2 aliphatic carbocycles. The first-order valence-electron chi connectivity index (χ1n) is 19.5. The molecule has 0 amide bonds. The molecule has 17 heteroatoms. The van der Waals surface area contributed by atoms with E-state index in [0.717, 1.165) is 25.8 Å². The lowest BCUT2D eigenvalue weighted by molar-refractivity contribution is -0.480. The summed E-state index contributed by atoms with van der Waals surface area (Å²) < 4.78 is 13.0. The average molecular weight is 1200 g/mol. The molecule has 0 heterocycles. The van der Waals surface area contributed by atoms with E-state index in [1.165, 1.54) is 26.0 Å². The maximum atomic E-state index is 13.3. The number of phenols is 2. The Hall–Kier alpha value is -5.30. The van der Waals surface area contributed by atoms with Crippen molar-refractivity contribution in [3.8, 4) is 11.5 Å². The number of benzene rings is 6. The minimum atomic E-state index is -0.393. The van der Waals surface area contributed by atoms with Crippen molar-refractivity contribution in [2.24, 2.45) is 0 Å². The number of anilines is 2. The Morgan fingerprint density at radius 1 is 0.554 bits per heavy atom. The molecule has 8 rings (SSSR count). The maximum absolute atomic E-state index is 13.3. The van der Waals surface area contributed by atoms with Crippen LogP contribution in [0.2, 0.25) is 0 Å². The van der Waals surface area contributed by atoms with Crippen LogP contribution in [0.3, 0.4) is 0 Å². The van der Waals surface area contributed by atoms with Gasteiger partial charge in [0, 0.05) is 64.0 Å². The Morgan fingerprint density at radius 2 is 0.938 bits per heavy atom. The molecule has 0 atom stereocenters. The number of nitrogens with one attached hydrogen (secondary N) is 1. The van der Waals surface area contributed by atoms with Crippen LogP contribution in [0.1, 0.15) is 88.7 Å². The van der Waals surface area contributed by atoms with E-state index in [9.17, 15) is 39.0 Å². The van der Waals surface area contributed by atoms with Crippen LogP contribution in [-0.4, -0.2) is 58.5 Å². The first-order valence-corrected chi connectivity index (χ1v) is 22.7. The van der Waals surface area contributed by atoms with Crippen molar-refractivity contribution in [3.63, 3.8) is 0 Å². The van der Waals surface area contributed by atoms with Crippen molar-refractivity contribution in [3.05, 3.63) is 171 Å². The molecule has 332 valence electrons. The lowest BCUT2D eigenvalue weighted by Crippen LogP contribution is -3.00. The quantitative estimate of drug-likeness (QED) is 0.0636.